The standard InChI is InChI=1S/C9H11F3N4O/c1-4-5-6(16(3)15-4)14-8(2,7(17)13-5)9(10,11)12/h14H,1-3H3,(H,13,17). The van der Waals surface area contributed by atoms with E-state index in [1.54, 1.807) is 6.92 Å². The van der Waals surface area contributed by atoms with Gasteiger partial charge in [-0.1, -0.05) is 0 Å². The molecule has 2 N–H and O–H groups in total. The van der Waals surface area contributed by atoms with E-state index in [0.29, 0.717) is 11.4 Å². The van der Waals surface area contributed by atoms with Crippen molar-refractivity contribution in [2.45, 2.75) is 25.6 Å². The molecule has 1 amide bonds. The van der Waals surface area contributed by atoms with Crippen LogP contribution in [0.15, 0.2) is 0 Å². The predicted molar refractivity (Wildman–Crippen MR) is 54.7 cm³/mol. The molecule has 1 aliphatic heterocycles. The maximum atomic E-state index is 12.9. The van der Waals surface area contributed by atoms with E-state index in [1.165, 1.54) is 11.7 Å². The van der Waals surface area contributed by atoms with Gasteiger partial charge in [-0.05, 0) is 13.8 Å². The molecule has 2 rings (SSSR count). The van der Waals surface area contributed by atoms with E-state index in [1.807, 2.05) is 0 Å². The van der Waals surface area contributed by atoms with Gasteiger partial charge in [-0.2, -0.15) is 18.3 Å². The molecule has 0 aliphatic carbocycles. The van der Waals surface area contributed by atoms with E-state index in [0.717, 1.165) is 6.92 Å². The summed E-state index contributed by atoms with van der Waals surface area (Å²) in [6, 6.07) is 0. The Labute approximate surface area is 95.0 Å². The van der Waals surface area contributed by atoms with Crippen molar-refractivity contribution in [3.63, 3.8) is 0 Å². The second-order valence-electron chi connectivity index (χ2n) is 4.13. The normalized spacial score (nSPS) is 24.0. The SMILES string of the molecule is Cc1nn(C)c2c1NC(=O)C(C)(C(F)(F)F)N2. The van der Waals surface area contributed by atoms with Gasteiger partial charge in [-0.25, -0.2) is 0 Å². The molecule has 0 bridgehead atoms. The topological polar surface area (TPSA) is 59.0 Å². The molecule has 0 saturated carbocycles. The number of halogens is 3. The molecule has 5 nitrogen and oxygen atoms in total. The monoisotopic (exact) mass is 248 g/mol. The lowest BCUT2D eigenvalue weighted by Gasteiger charge is -2.35. The number of nitrogens with zero attached hydrogens (tertiary/aromatic N) is 2. The Morgan fingerprint density at radius 1 is 1.41 bits per heavy atom. The van der Waals surface area contributed by atoms with Gasteiger partial charge >= 0.3 is 6.18 Å². The van der Waals surface area contributed by atoms with Crippen molar-refractivity contribution in [3.05, 3.63) is 5.69 Å². The first-order chi connectivity index (χ1) is 7.67. The minimum atomic E-state index is -4.69. The molecule has 1 atom stereocenters. The zero-order chi connectivity index (χ0) is 13.0. The Bertz CT molecular complexity index is 493. The Kier molecular flexibility index (Phi) is 2.17. The highest BCUT2D eigenvalue weighted by molar-refractivity contribution is 6.06. The third-order valence-electron chi connectivity index (χ3n) is 2.85. The second kappa shape index (κ2) is 3.14. The molecule has 1 aliphatic rings. The Hall–Kier alpha value is -1.73. The molecule has 0 radical (unpaired) electrons. The molecule has 2 heterocycles. The lowest BCUT2D eigenvalue weighted by Crippen LogP contribution is -2.60. The van der Waals surface area contributed by atoms with Crippen LogP contribution in [0.3, 0.4) is 0 Å². The van der Waals surface area contributed by atoms with E-state index >= 15 is 0 Å². The van der Waals surface area contributed by atoms with Crippen molar-refractivity contribution >= 4 is 17.4 Å². The summed E-state index contributed by atoms with van der Waals surface area (Å²) in [5, 5.41) is 8.40. The molecular formula is C9H11F3N4O. The lowest BCUT2D eigenvalue weighted by molar-refractivity contribution is -0.179. The number of aryl methyl sites for hydroxylation is 2. The number of fused-ring (bicyclic) bond motifs is 1. The zero-order valence-corrected chi connectivity index (χ0v) is 9.44. The van der Waals surface area contributed by atoms with E-state index in [9.17, 15) is 18.0 Å². The Morgan fingerprint density at radius 2 is 2.00 bits per heavy atom. The van der Waals surface area contributed by atoms with Crippen molar-refractivity contribution in [2.24, 2.45) is 7.05 Å². The van der Waals surface area contributed by atoms with Crippen molar-refractivity contribution in [1.82, 2.24) is 9.78 Å². The van der Waals surface area contributed by atoms with Gasteiger partial charge in [0.05, 0.1) is 5.69 Å². The highest BCUT2D eigenvalue weighted by Crippen LogP contribution is 2.40. The third-order valence-corrected chi connectivity index (χ3v) is 2.85. The number of amides is 1. The average Bonchev–Trinajstić information content (AvgIpc) is 2.43. The second-order valence-corrected chi connectivity index (χ2v) is 4.13. The molecular weight excluding hydrogens is 237 g/mol. The van der Waals surface area contributed by atoms with Crippen molar-refractivity contribution in [2.75, 3.05) is 10.6 Å². The van der Waals surface area contributed by atoms with Crippen LogP contribution in [0.4, 0.5) is 24.7 Å². The minimum absolute atomic E-state index is 0.155. The summed E-state index contributed by atoms with van der Waals surface area (Å²) in [5.74, 6) is -0.976. The summed E-state index contributed by atoms with van der Waals surface area (Å²) in [7, 11) is 1.51. The largest absolute Gasteiger partial charge is 0.420 e. The Morgan fingerprint density at radius 3 is 2.53 bits per heavy atom. The number of carbonyl (C=O) groups is 1. The summed E-state index contributed by atoms with van der Waals surface area (Å²) in [6.45, 7) is 2.41. The van der Waals surface area contributed by atoms with Crippen LogP contribution in [0.5, 0.6) is 0 Å². The van der Waals surface area contributed by atoms with Crippen LogP contribution in [-0.2, 0) is 11.8 Å². The van der Waals surface area contributed by atoms with Gasteiger partial charge in [0.15, 0.2) is 0 Å². The minimum Gasteiger partial charge on any atom is -0.347 e. The molecule has 8 heteroatoms. The maximum absolute atomic E-state index is 12.9. The first-order valence-electron chi connectivity index (χ1n) is 4.87. The fourth-order valence-electron chi connectivity index (χ4n) is 1.68. The van der Waals surface area contributed by atoms with Crippen molar-refractivity contribution in [3.8, 4) is 0 Å². The number of anilines is 2. The molecule has 0 fully saturated rings. The van der Waals surface area contributed by atoms with Crippen LogP contribution in [-0.4, -0.2) is 27.4 Å². The lowest BCUT2D eigenvalue weighted by atomic mass is 9.98. The van der Waals surface area contributed by atoms with Gasteiger partial charge in [0.25, 0.3) is 5.91 Å². The molecule has 0 aromatic carbocycles. The quantitative estimate of drug-likeness (QED) is 0.729. The smallest absolute Gasteiger partial charge is 0.347 e. The fourth-order valence-corrected chi connectivity index (χ4v) is 1.68. The van der Waals surface area contributed by atoms with Crippen molar-refractivity contribution in [1.29, 1.82) is 0 Å². The van der Waals surface area contributed by atoms with E-state index in [4.69, 9.17) is 0 Å². The molecule has 1 aromatic heterocycles. The van der Waals surface area contributed by atoms with Gasteiger partial charge in [0.2, 0.25) is 5.54 Å². The van der Waals surface area contributed by atoms with Gasteiger partial charge in [0.1, 0.15) is 11.5 Å². The summed E-state index contributed by atoms with van der Waals surface area (Å²) in [6.07, 6.45) is -4.69. The summed E-state index contributed by atoms with van der Waals surface area (Å²) in [4.78, 5) is 11.6. The molecule has 0 spiro atoms. The summed E-state index contributed by atoms with van der Waals surface area (Å²) < 4.78 is 39.8. The van der Waals surface area contributed by atoms with Gasteiger partial charge in [0, 0.05) is 7.05 Å². The summed E-state index contributed by atoms with van der Waals surface area (Å²) in [5.41, 5.74) is -1.88. The van der Waals surface area contributed by atoms with Crippen LogP contribution in [0.1, 0.15) is 12.6 Å². The molecule has 1 aromatic rings. The van der Waals surface area contributed by atoms with Gasteiger partial charge < -0.3 is 10.6 Å². The number of hydrogen-bond acceptors (Lipinski definition) is 3. The molecule has 1 unspecified atom stereocenters. The van der Waals surface area contributed by atoms with Gasteiger partial charge in [-0.15, -0.1) is 0 Å². The van der Waals surface area contributed by atoms with Crippen molar-refractivity contribution < 1.29 is 18.0 Å². The molecule has 17 heavy (non-hydrogen) atoms. The number of alkyl halides is 3. The maximum Gasteiger partial charge on any atom is 0.420 e. The number of nitrogens with one attached hydrogen (secondary N) is 2. The van der Waals surface area contributed by atoms with Crippen LogP contribution < -0.4 is 10.6 Å². The average molecular weight is 248 g/mol. The summed E-state index contributed by atoms with van der Waals surface area (Å²) >= 11 is 0. The molecule has 0 saturated heterocycles. The molecule has 94 valence electrons. The van der Waals surface area contributed by atoms with E-state index in [-0.39, 0.29) is 5.82 Å². The number of rotatable bonds is 0. The van der Waals surface area contributed by atoms with Crippen LogP contribution in [0.25, 0.3) is 0 Å². The van der Waals surface area contributed by atoms with E-state index < -0.39 is 17.6 Å². The van der Waals surface area contributed by atoms with Crippen LogP contribution in [0.2, 0.25) is 0 Å². The van der Waals surface area contributed by atoms with Crippen LogP contribution in [0, 0.1) is 6.92 Å². The predicted octanol–water partition coefficient (Wildman–Crippen LogP) is 1.41. The number of hydrogen-bond donors (Lipinski definition) is 2. The highest BCUT2D eigenvalue weighted by atomic mass is 19.4. The number of carbonyl (C=O) groups excluding carboxylic acids is 1. The fraction of sp³-hybridized carbons (Fsp3) is 0.556. The highest BCUT2D eigenvalue weighted by Gasteiger charge is 2.59. The van der Waals surface area contributed by atoms with E-state index in [2.05, 4.69) is 15.7 Å². The Balaban J connectivity index is 2.53. The van der Waals surface area contributed by atoms with Gasteiger partial charge in [-0.3, -0.25) is 9.48 Å². The number of aromatic nitrogens is 2. The first-order valence-corrected chi connectivity index (χ1v) is 4.87. The third kappa shape index (κ3) is 1.47. The van der Waals surface area contributed by atoms with Crippen LogP contribution >= 0.6 is 0 Å². The zero-order valence-electron chi connectivity index (χ0n) is 9.44. The first kappa shape index (κ1) is 11.7.